The number of esters is 3. The molecule has 8 atom stereocenters. The van der Waals surface area contributed by atoms with Crippen molar-refractivity contribution in [1.82, 2.24) is 14.9 Å². The Bertz CT molecular complexity index is 2440. The van der Waals surface area contributed by atoms with Crippen LogP contribution >= 0.6 is 8.53 Å². The summed E-state index contributed by atoms with van der Waals surface area (Å²) in [4.78, 5) is 67.9. The van der Waals surface area contributed by atoms with E-state index in [1.165, 1.54) is 34.1 Å². The Labute approximate surface area is 500 Å². The Morgan fingerprint density at radius 2 is 1.17 bits per heavy atom. The van der Waals surface area contributed by atoms with Crippen LogP contribution in [-0.4, -0.2) is 148 Å². The van der Waals surface area contributed by atoms with Crippen molar-refractivity contribution in [3.05, 3.63) is 107 Å². The highest BCUT2D eigenvalue weighted by Crippen LogP contribution is 2.50. The van der Waals surface area contributed by atoms with E-state index in [1.54, 1.807) is 14.2 Å². The molecule has 2 aliphatic rings. The SMILES string of the molecule is [C-]#[N+]CCOP(O[C@H]1CN(C(=O)CCCCCCCCCCCCCCCOC2OC(COC(C)=O)C(OC(C)=O)C(OC(C)=O)C2NC(C)=O)C[C@@H]1OC(c1ccccc1)(c1ccc(OC)cc1)c1ccc(OC)cc1)N(C(C)C)C(C)C. The van der Waals surface area contributed by atoms with E-state index in [9.17, 15) is 24.0 Å². The van der Waals surface area contributed by atoms with Crippen LogP contribution in [0.2, 0.25) is 0 Å². The highest BCUT2D eigenvalue weighted by Gasteiger charge is 2.52. The number of methoxy groups -OCH3 is 2. The van der Waals surface area contributed by atoms with E-state index in [-0.39, 0.29) is 37.7 Å². The summed E-state index contributed by atoms with van der Waals surface area (Å²) >= 11 is 0. The minimum atomic E-state index is -1.66. The van der Waals surface area contributed by atoms with E-state index >= 15 is 0 Å². The first kappa shape index (κ1) is 69.1. The van der Waals surface area contributed by atoms with Crippen molar-refractivity contribution >= 4 is 38.2 Å². The van der Waals surface area contributed by atoms with Gasteiger partial charge in [0.15, 0.2) is 18.5 Å². The van der Waals surface area contributed by atoms with Gasteiger partial charge in [0.1, 0.15) is 54.7 Å². The molecule has 6 unspecified atom stereocenters. The monoisotopic (exact) mass is 1190 g/mol. The molecule has 0 spiro atoms. The second-order valence-electron chi connectivity index (χ2n) is 22.1. The van der Waals surface area contributed by atoms with Crippen LogP contribution in [0.15, 0.2) is 78.9 Å². The Kier molecular flexibility index (Phi) is 29.9. The number of unbranched alkanes of at least 4 members (excludes halogenated alkanes) is 12. The van der Waals surface area contributed by atoms with E-state index in [1.807, 2.05) is 71.6 Å². The summed E-state index contributed by atoms with van der Waals surface area (Å²) in [5, 5.41) is 2.73. The highest BCUT2D eigenvalue weighted by atomic mass is 31.2. The third-order valence-corrected chi connectivity index (χ3v) is 17.0. The number of nitrogens with zero attached hydrogens (tertiary/aromatic N) is 3. The first-order chi connectivity index (χ1) is 40.4. The fraction of sp³-hybridized carbons (Fsp3) is 0.625. The molecule has 0 aliphatic carbocycles. The molecule has 2 aliphatic heterocycles. The van der Waals surface area contributed by atoms with Gasteiger partial charge in [-0.2, -0.15) is 0 Å². The molecule has 2 heterocycles. The molecule has 0 aromatic heterocycles. The highest BCUT2D eigenvalue weighted by molar-refractivity contribution is 7.44. The van der Waals surface area contributed by atoms with Gasteiger partial charge in [0, 0.05) is 59.4 Å². The second-order valence-corrected chi connectivity index (χ2v) is 23.5. The van der Waals surface area contributed by atoms with Gasteiger partial charge < -0.3 is 62.0 Å². The van der Waals surface area contributed by atoms with Gasteiger partial charge in [0.2, 0.25) is 18.4 Å². The molecule has 2 amide bonds. The van der Waals surface area contributed by atoms with E-state index in [4.69, 9.17) is 53.5 Å². The minimum Gasteiger partial charge on any atom is -0.497 e. The first-order valence-electron chi connectivity index (χ1n) is 30.0. The van der Waals surface area contributed by atoms with Gasteiger partial charge in [-0.05, 0) is 81.5 Å². The number of rotatable bonds is 37. The zero-order valence-corrected chi connectivity index (χ0v) is 52.2. The molecule has 0 bridgehead atoms. The predicted molar refractivity (Wildman–Crippen MR) is 320 cm³/mol. The Morgan fingerprint density at radius 3 is 1.65 bits per heavy atom. The summed E-state index contributed by atoms with van der Waals surface area (Å²) in [5.41, 5.74) is 1.51. The Morgan fingerprint density at radius 1 is 0.667 bits per heavy atom. The molecule has 2 fully saturated rings. The standard InChI is InChI=1S/C64H93N4O15P/c1-45(2)68(46(3)4)84(78-41-39-65-9)83-57-43-67(42-56(57)82-64(51-28-24-23-25-29-51,52-31-35-54(74-10)36-32-52)53-33-37-55(75-11)38-34-53)59(73)30-26-21-19-17-15-13-12-14-16-18-20-22-27-40-76-63-60(66-47(5)69)62(80-50(8)72)61(79-49(7)71)58(81-63)44-77-48(6)70/h23-25,28-29,31-38,45-46,56-58,60-63H,12-22,26-27,30,39-44H2,1-8,10-11H3,(H,66,69)/t56-,57-,58?,60?,61?,62?,63?,84?/m0/s1. The van der Waals surface area contributed by atoms with E-state index in [2.05, 4.69) is 54.7 Å². The summed E-state index contributed by atoms with van der Waals surface area (Å²) in [7, 11) is 1.64. The van der Waals surface area contributed by atoms with Crippen LogP contribution in [0.4, 0.5) is 0 Å². The van der Waals surface area contributed by atoms with E-state index in [0.29, 0.717) is 37.6 Å². The lowest BCUT2D eigenvalue weighted by molar-refractivity contribution is -0.277. The fourth-order valence-electron chi connectivity index (χ4n) is 10.9. The van der Waals surface area contributed by atoms with E-state index < -0.39 is 80.8 Å². The first-order valence-corrected chi connectivity index (χ1v) is 31.1. The largest absolute Gasteiger partial charge is 0.497 e. The van der Waals surface area contributed by atoms with Gasteiger partial charge in [-0.1, -0.05) is 125 Å². The molecule has 1 N–H and O–H groups in total. The molecule has 3 aromatic carbocycles. The van der Waals surface area contributed by atoms with Gasteiger partial charge in [-0.25, -0.2) is 11.2 Å². The molecule has 2 saturated heterocycles. The predicted octanol–water partition coefficient (Wildman–Crippen LogP) is 11.0. The fourth-order valence-corrected chi connectivity index (χ4v) is 12.7. The average molecular weight is 1190 g/mol. The Hall–Kier alpha value is -5.71. The second kappa shape index (κ2) is 36.3. The van der Waals surface area contributed by atoms with Crippen molar-refractivity contribution in [2.75, 3.05) is 53.7 Å². The molecular formula is C64H93N4O15P. The number of nitrogens with one attached hydrogen (secondary N) is 1. The van der Waals surface area contributed by atoms with Crippen LogP contribution < -0.4 is 14.8 Å². The summed E-state index contributed by atoms with van der Waals surface area (Å²) in [6, 6.07) is 25.2. The van der Waals surface area contributed by atoms with Crippen molar-refractivity contribution in [2.45, 2.75) is 206 Å². The average Bonchev–Trinajstić information content (AvgIpc) is 2.04. The number of benzene rings is 3. The lowest BCUT2D eigenvalue weighted by Crippen LogP contribution is -2.66. The number of hydrogen-bond acceptors (Lipinski definition) is 16. The van der Waals surface area contributed by atoms with Crippen molar-refractivity contribution in [2.24, 2.45) is 0 Å². The third kappa shape index (κ3) is 21.4. The molecule has 3 aromatic rings. The number of amides is 2. The van der Waals surface area contributed by atoms with Crippen molar-refractivity contribution < 1.29 is 70.9 Å². The molecule has 5 rings (SSSR count). The molecule has 0 radical (unpaired) electrons. The van der Waals surface area contributed by atoms with Crippen molar-refractivity contribution in [1.29, 1.82) is 0 Å². The quantitative estimate of drug-likeness (QED) is 0.0143. The maximum absolute atomic E-state index is 14.3. The number of carbonyl (C=O) groups is 5. The Balaban J connectivity index is 1.12. The number of likely N-dealkylation sites (tertiary alicyclic amines) is 1. The molecule has 464 valence electrons. The maximum Gasteiger partial charge on any atom is 0.303 e. The van der Waals surface area contributed by atoms with Crippen molar-refractivity contribution in [3.63, 3.8) is 0 Å². The zero-order valence-electron chi connectivity index (χ0n) is 51.3. The van der Waals surface area contributed by atoms with Gasteiger partial charge in [0.05, 0.1) is 20.8 Å². The van der Waals surface area contributed by atoms with Gasteiger partial charge in [-0.3, -0.25) is 24.0 Å². The lowest BCUT2D eigenvalue weighted by Gasteiger charge is -2.44. The van der Waals surface area contributed by atoms with Crippen LogP contribution in [0.25, 0.3) is 4.85 Å². The van der Waals surface area contributed by atoms with Crippen LogP contribution in [0, 0.1) is 6.57 Å². The zero-order chi connectivity index (χ0) is 61.0. The normalized spacial score (nSPS) is 20.1. The maximum atomic E-state index is 14.3. The number of hydrogen-bond donors (Lipinski definition) is 1. The molecule has 84 heavy (non-hydrogen) atoms. The van der Waals surface area contributed by atoms with Crippen LogP contribution in [0.5, 0.6) is 11.5 Å². The van der Waals surface area contributed by atoms with Gasteiger partial charge >= 0.3 is 17.9 Å². The molecular weight excluding hydrogens is 1100 g/mol. The van der Waals surface area contributed by atoms with E-state index in [0.717, 1.165) is 93.7 Å². The summed E-state index contributed by atoms with van der Waals surface area (Å²) < 4.78 is 63.1. The molecule has 0 saturated carbocycles. The lowest BCUT2D eigenvalue weighted by atomic mass is 9.79. The third-order valence-electron chi connectivity index (χ3n) is 14.8. The summed E-state index contributed by atoms with van der Waals surface area (Å²) in [6.07, 6.45) is 8.34. The van der Waals surface area contributed by atoms with Crippen LogP contribution in [0.1, 0.15) is 162 Å². The van der Waals surface area contributed by atoms with Gasteiger partial charge in [0.25, 0.3) is 8.53 Å². The van der Waals surface area contributed by atoms with Crippen LogP contribution in [0.3, 0.4) is 0 Å². The van der Waals surface area contributed by atoms with Gasteiger partial charge in [-0.15, -0.1) is 0 Å². The minimum absolute atomic E-state index is 0.0642. The smallest absolute Gasteiger partial charge is 0.303 e. The molecule has 19 nitrogen and oxygen atoms in total. The summed E-state index contributed by atoms with van der Waals surface area (Å²) in [5.74, 6) is -0.829. The van der Waals surface area contributed by atoms with Crippen molar-refractivity contribution in [3.8, 4) is 11.5 Å². The topological polar surface area (TPSA) is 201 Å². The molecule has 20 heteroatoms. The number of carbonyl (C=O) groups excluding carboxylic acids is 5. The number of ether oxygens (including phenoxy) is 8. The van der Waals surface area contributed by atoms with Crippen LogP contribution in [-0.2, 0) is 67.0 Å². The summed E-state index contributed by atoms with van der Waals surface area (Å²) in [6.45, 7) is 22.0.